The SMILES string of the molecule is COc1ccc(CN2CCN(CCCOc3ccc(S(C)(=O)=O)cc3)CC2)c(OC)c1OC. The standard InChI is InChI=1S/C24H34N2O6S/c1-29-22-11-6-19(23(30-2)24(22)31-3)18-26-15-13-25(14-16-26)12-5-17-32-20-7-9-21(10-8-20)33(4,27)28/h6-11H,5,12-18H2,1-4H3. The van der Waals surface area contributed by atoms with E-state index in [-0.39, 0.29) is 0 Å². The van der Waals surface area contributed by atoms with Crippen LogP contribution in [-0.4, -0.2) is 85.1 Å². The molecule has 8 nitrogen and oxygen atoms in total. The zero-order valence-electron chi connectivity index (χ0n) is 19.9. The Morgan fingerprint density at radius 1 is 0.818 bits per heavy atom. The van der Waals surface area contributed by atoms with Crippen LogP contribution in [0.5, 0.6) is 23.0 Å². The molecule has 0 N–H and O–H groups in total. The van der Waals surface area contributed by atoms with Gasteiger partial charge in [0, 0.05) is 51.1 Å². The van der Waals surface area contributed by atoms with Gasteiger partial charge in [0.1, 0.15) is 5.75 Å². The molecule has 0 aromatic heterocycles. The van der Waals surface area contributed by atoms with Gasteiger partial charge in [-0.1, -0.05) is 6.07 Å². The van der Waals surface area contributed by atoms with Gasteiger partial charge in [-0.25, -0.2) is 8.42 Å². The largest absolute Gasteiger partial charge is 0.494 e. The fraction of sp³-hybridized carbons (Fsp3) is 0.500. The molecule has 33 heavy (non-hydrogen) atoms. The second-order valence-corrected chi connectivity index (χ2v) is 10.1. The maximum absolute atomic E-state index is 11.5. The first-order valence-electron chi connectivity index (χ1n) is 11.0. The van der Waals surface area contributed by atoms with Gasteiger partial charge in [0.2, 0.25) is 5.75 Å². The number of rotatable bonds is 11. The van der Waals surface area contributed by atoms with Gasteiger partial charge in [-0.3, -0.25) is 4.90 Å². The average molecular weight is 479 g/mol. The highest BCUT2D eigenvalue weighted by molar-refractivity contribution is 7.90. The molecule has 9 heteroatoms. The first kappa shape index (κ1) is 25.1. The van der Waals surface area contributed by atoms with Crippen molar-refractivity contribution < 1.29 is 27.4 Å². The van der Waals surface area contributed by atoms with Gasteiger partial charge >= 0.3 is 0 Å². The molecule has 0 bridgehead atoms. The van der Waals surface area contributed by atoms with Gasteiger partial charge in [0.25, 0.3) is 0 Å². The van der Waals surface area contributed by atoms with Crippen LogP contribution in [0.1, 0.15) is 12.0 Å². The highest BCUT2D eigenvalue weighted by atomic mass is 32.2. The third-order valence-electron chi connectivity index (χ3n) is 5.78. The fourth-order valence-corrected chi connectivity index (χ4v) is 4.59. The first-order chi connectivity index (χ1) is 15.9. The third kappa shape index (κ3) is 6.75. The molecule has 0 spiro atoms. The van der Waals surface area contributed by atoms with Crippen molar-refractivity contribution in [2.45, 2.75) is 17.9 Å². The minimum atomic E-state index is -3.18. The summed E-state index contributed by atoms with van der Waals surface area (Å²) in [6.07, 6.45) is 2.12. The molecule has 3 rings (SSSR count). The molecule has 0 aliphatic carbocycles. The lowest BCUT2D eigenvalue weighted by Crippen LogP contribution is -2.46. The summed E-state index contributed by atoms with van der Waals surface area (Å²) in [5.41, 5.74) is 1.08. The maximum Gasteiger partial charge on any atom is 0.203 e. The topological polar surface area (TPSA) is 77.5 Å². The second kappa shape index (κ2) is 11.6. The van der Waals surface area contributed by atoms with Crippen LogP contribution in [0.25, 0.3) is 0 Å². The Hall–Kier alpha value is -2.49. The van der Waals surface area contributed by atoms with Crippen molar-refractivity contribution in [2.24, 2.45) is 0 Å². The molecule has 2 aromatic carbocycles. The Morgan fingerprint density at radius 2 is 1.45 bits per heavy atom. The van der Waals surface area contributed by atoms with Gasteiger partial charge in [-0.2, -0.15) is 0 Å². The molecule has 1 aliphatic heterocycles. The number of hydrogen-bond acceptors (Lipinski definition) is 8. The van der Waals surface area contributed by atoms with E-state index in [1.165, 1.54) is 6.26 Å². The molecule has 2 aromatic rings. The van der Waals surface area contributed by atoms with Gasteiger partial charge in [-0.05, 0) is 36.8 Å². The van der Waals surface area contributed by atoms with Gasteiger partial charge in [-0.15, -0.1) is 0 Å². The lowest BCUT2D eigenvalue weighted by Gasteiger charge is -2.35. The summed E-state index contributed by atoms with van der Waals surface area (Å²) in [4.78, 5) is 5.16. The highest BCUT2D eigenvalue weighted by Gasteiger charge is 2.21. The maximum atomic E-state index is 11.5. The molecule has 0 amide bonds. The lowest BCUT2D eigenvalue weighted by molar-refractivity contribution is 0.120. The van der Waals surface area contributed by atoms with E-state index in [2.05, 4.69) is 9.80 Å². The van der Waals surface area contributed by atoms with Gasteiger partial charge in [0.05, 0.1) is 32.8 Å². The zero-order valence-corrected chi connectivity index (χ0v) is 20.7. The van der Waals surface area contributed by atoms with Crippen LogP contribution in [0.15, 0.2) is 41.3 Å². The molecule has 1 fully saturated rings. The summed E-state index contributed by atoms with van der Waals surface area (Å²) >= 11 is 0. The van der Waals surface area contributed by atoms with Crippen molar-refractivity contribution in [1.82, 2.24) is 9.80 Å². The summed E-state index contributed by atoms with van der Waals surface area (Å²) in [5, 5.41) is 0. The van der Waals surface area contributed by atoms with Crippen molar-refractivity contribution in [1.29, 1.82) is 0 Å². The van der Waals surface area contributed by atoms with E-state index in [0.717, 1.165) is 57.0 Å². The molecule has 0 atom stereocenters. The number of sulfone groups is 1. The van der Waals surface area contributed by atoms with E-state index in [1.807, 2.05) is 12.1 Å². The highest BCUT2D eigenvalue weighted by Crippen LogP contribution is 2.40. The number of ether oxygens (including phenoxy) is 4. The zero-order chi connectivity index (χ0) is 23.8. The molecule has 182 valence electrons. The molecule has 0 saturated carbocycles. The number of hydrogen-bond donors (Lipinski definition) is 0. The normalized spacial score (nSPS) is 15.3. The van der Waals surface area contributed by atoms with Crippen LogP contribution in [0, 0.1) is 0 Å². The molecular formula is C24H34N2O6S. The summed E-state index contributed by atoms with van der Waals surface area (Å²) in [6, 6.07) is 10.5. The van der Waals surface area contributed by atoms with Crippen molar-refractivity contribution in [3.05, 3.63) is 42.0 Å². The van der Waals surface area contributed by atoms with Crippen molar-refractivity contribution >= 4 is 9.84 Å². The van der Waals surface area contributed by atoms with Crippen LogP contribution < -0.4 is 18.9 Å². The minimum Gasteiger partial charge on any atom is -0.494 e. The average Bonchev–Trinajstić information content (AvgIpc) is 2.82. The van der Waals surface area contributed by atoms with Crippen molar-refractivity contribution in [3.63, 3.8) is 0 Å². The van der Waals surface area contributed by atoms with Crippen LogP contribution in [0.4, 0.5) is 0 Å². The van der Waals surface area contributed by atoms with E-state index in [0.29, 0.717) is 28.8 Å². The summed E-state index contributed by atoms with van der Waals surface area (Å²) in [5.74, 6) is 2.70. The number of piperazine rings is 1. The van der Waals surface area contributed by atoms with E-state index in [4.69, 9.17) is 18.9 Å². The monoisotopic (exact) mass is 478 g/mol. The Bertz CT molecular complexity index is 1000. The van der Waals surface area contributed by atoms with Crippen LogP contribution in [-0.2, 0) is 16.4 Å². The van der Waals surface area contributed by atoms with Gasteiger partial charge < -0.3 is 23.8 Å². The van der Waals surface area contributed by atoms with E-state index in [1.54, 1.807) is 45.6 Å². The fourth-order valence-electron chi connectivity index (χ4n) is 3.96. The Morgan fingerprint density at radius 3 is 2.03 bits per heavy atom. The Labute approximate surface area is 196 Å². The lowest BCUT2D eigenvalue weighted by atomic mass is 10.1. The third-order valence-corrected chi connectivity index (χ3v) is 6.91. The summed E-state index contributed by atoms with van der Waals surface area (Å²) in [6.45, 7) is 6.31. The minimum absolute atomic E-state index is 0.304. The smallest absolute Gasteiger partial charge is 0.203 e. The number of benzene rings is 2. The van der Waals surface area contributed by atoms with E-state index in [9.17, 15) is 8.42 Å². The molecule has 0 radical (unpaired) electrons. The second-order valence-electron chi connectivity index (χ2n) is 8.06. The first-order valence-corrected chi connectivity index (χ1v) is 12.9. The van der Waals surface area contributed by atoms with Crippen molar-refractivity contribution in [3.8, 4) is 23.0 Å². The molecule has 1 saturated heterocycles. The number of methoxy groups -OCH3 is 3. The molecule has 1 aliphatic rings. The molecule has 1 heterocycles. The quantitative estimate of drug-likeness (QED) is 0.456. The Kier molecular flexibility index (Phi) is 8.82. The predicted octanol–water partition coefficient (Wildman–Crippen LogP) is 2.70. The predicted molar refractivity (Wildman–Crippen MR) is 127 cm³/mol. The van der Waals surface area contributed by atoms with E-state index < -0.39 is 9.84 Å². The van der Waals surface area contributed by atoms with Crippen LogP contribution in [0.2, 0.25) is 0 Å². The van der Waals surface area contributed by atoms with Crippen LogP contribution in [0.3, 0.4) is 0 Å². The Balaban J connectivity index is 1.42. The number of nitrogens with zero attached hydrogens (tertiary/aromatic N) is 2. The molecule has 0 unspecified atom stereocenters. The van der Waals surface area contributed by atoms with Gasteiger partial charge in [0.15, 0.2) is 21.3 Å². The summed E-state index contributed by atoms with van der Waals surface area (Å²) in [7, 11) is 1.72. The van der Waals surface area contributed by atoms with Crippen molar-refractivity contribution in [2.75, 3.05) is 66.9 Å². The van der Waals surface area contributed by atoms with E-state index >= 15 is 0 Å². The molecular weight excluding hydrogens is 444 g/mol. The summed E-state index contributed by atoms with van der Waals surface area (Å²) < 4.78 is 45.3. The van der Waals surface area contributed by atoms with Crippen LogP contribution >= 0.6 is 0 Å².